The van der Waals surface area contributed by atoms with Gasteiger partial charge in [-0.1, -0.05) is 17.7 Å². The van der Waals surface area contributed by atoms with Gasteiger partial charge in [0.05, 0.1) is 5.92 Å². The summed E-state index contributed by atoms with van der Waals surface area (Å²) in [6, 6.07) is 16.4. The van der Waals surface area contributed by atoms with Crippen LogP contribution in [0.15, 0.2) is 68.8 Å². The highest BCUT2D eigenvalue weighted by Crippen LogP contribution is 2.44. The van der Waals surface area contributed by atoms with Crippen LogP contribution in [0.3, 0.4) is 0 Å². The number of aryl methyl sites for hydroxylation is 3. The van der Waals surface area contributed by atoms with E-state index >= 15 is 0 Å². The van der Waals surface area contributed by atoms with Crippen LogP contribution in [0.5, 0.6) is 11.5 Å². The molecule has 7 heteroatoms. The molecule has 1 aliphatic rings. The molecule has 7 nitrogen and oxygen atoms in total. The first-order valence-corrected chi connectivity index (χ1v) is 10.4. The van der Waals surface area contributed by atoms with Gasteiger partial charge in [0, 0.05) is 22.6 Å². The first-order valence-electron chi connectivity index (χ1n) is 10.4. The first-order chi connectivity index (χ1) is 15.9. The van der Waals surface area contributed by atoms with Crippen LogP contribution in [0.25, 0.3) is 11.0 Å². The van der Waals surface area contributed by atoms with E-state index in [0.717, 1.165) is 16.7 Å². The highest BCUT2D eigenvalue weighted by atomic mass is 16.5. The van der Waals surface area contributed by atoms with Crippen molar-refractivity contribution in [1.29, 1.82) is 5.26 Å². The van der Waals surface area contributed by atoms with Gasteiger partial charge in [0.15, 0.2) is 0 Å². The normalized spacial score (nSPS) is 15.2. The average Bonchev–Trinajstić information content (AvgIpc) is 3.36. The van der Waals surface area contributed by atoms with Gasteiger partial charge in [-0.05, 0) is 51.1 Å². The summed E-state index contributed by atoms with van der Waals surface area (Å²) < 4.78 is 22.8. The van der Waals surface area contributed by atoms with E-state index in [1.807, 2.05) is 45.0 Å². The van der Waals surface area contributed by atoms with Gasteiger partial charge in [0.1, 0.15) is 40.2 Å². The highest BCUT2D eigenvalue weighted by molar-refractivity contribution is 5.97. The van der Waals surface area contributed by atoms with Crippen molar-refractivity contribution < 1.29 is 23.1 Å². The van der Waals surface area contributed by atoms with E-state index in [1.165, 1.54) is 0 Å². The van der Waals surface area contributed by atoms with Crippen LogP contribution in [-0.4, -0.2) is 5.97 Å². The fourth-order valence-corrected chi connectivity index (χ4v) is 4.08. The van der Waals surface area contributed by atoms with Crippen molar-refractivity contribution in [1.82, 2.24) is 0 Å². The molecule has 1 atom stereocenters. The van der Waals surface area contributed by atoms with Gasteiger partial charge < -0.3 is 24.0 Å². The van der Waals surface area contributed by atoms with Crippen molar-refractivity contribution in [3.05, 3.63) is 94.0 Å². The summed E-state index contributed by atoms with van der Waals surface area (Å²) in [5, 5.41) is 10.5. The summed E-state index contributed by atoms with van der Waals surface area (Å²) in [4.78, 5) is 12.9. The molecule has 0 radical (unpaired) electrons. The van der Waals surface area contributed by atoms with Gasteiger partial charge in [-0.15, -0.1) is 0 Å². The molecule has 3 heterocycles. The van der Waals surface area contributed by atoms with E-state index in [9.17, 15) is 10.1 Å². The molecule has 33 heavy (non-hydrogen) atoms. The van der Waals surface area contributed by atoms with E-state index in [4.69, 9.17) is 24.0 Å². The van der Waals surface area contributed by atoms with Crippen molar-refractivity contribution in [2.45, 2.75) is 26.7 Å². The lowest BCUT2D eigenvalue weighted by Gasteiger charge is -2.25. The molecule has 1 unspecified atom stereocenters. The number of nitrogens with zero attached hydrogens (tertiary/aromatic N) is 1. The summed E-state index contributed by atoms with van der Waals surface area (Å²) in [6.45, 7) is 5.63. The Morgan fingerprint density at radius 2 is 1.88 bits per heavy atom. The zero-order valence-corrected chi connectivity index (χ0v) is 18.3. The number of hydrogen-bond donors (Lipinski definition) is 1. The van der Waals surface area contributed by atoms with Gasteiger partial charge in [-0.25, -0.2) is 4.79 Å². The van der Waals surface area contributed by atoms with E-state index in [-0.39, 0.29) is 23.0 Å². The van der Waals surface area contributed by atoms with Gasteiger partial charge >= 0.3 is 5.97 Å². The van der Waals surface area contributed by atoms with Crippen LogP contribution >= 0.6 is 0 Å². The molecule has 0 amide bonds. The quantitative estimate of drug-likeness (QED) is 0.336. The van der Waals surface area contributed by atoms with Crippen LogP contribution in [0.1, 0.15) is 44.7 Å². The molecule has 0 bridgehead atoms. The number of benzene rings is 2. The molecule has 2 N–H and O–H groups in total. The molecule has 2 aromatic carbocycles. The van der Waals surface area contributed by atoms with Crippen LogP contribution in [-0.2, 0) is 0 Å². The number of allylic oxidation sites excluding steroid dienone is 1. The van der Waals surface area contributed by atoms with Gasteiger partial charge in [-0.3, -0.25) is 0 Å². The first kappa shape index (κ1) is 20.5. The number of ether oxygens (including phenoxy) is 2. The predicted octanol–water partition coefficient (Wildman–Crippen LogP) is 5.39. The van der Waals surface area contributed by atoms with E-state index in [0.29, 0.717) is 28.2 Å². The smallest absolute Gasteiger partial charge is 0.379 e. The van der Waals surface area contributed by atoms with Gasteiger partial charge in [-0.2, -0.15) is 5.26 Å². The third-order valence-corrected chi connectivity index (χ3v) is 5.72. The number of nitriles is 1. The van der Waals surface area contributed by atoms with Crippen LogP contribution in [0.2, 0.25) is 0 Å². The van der Waals surface area contributed by atoms with Crippen molar-refractivity contribution in [3.8, 4) is 17.6 Å². The molecular formula is C26H20N2O5. The predicted molar refractivity (Wildman–Crippen MR) is 120 cm³/mol. The largest absolute Gasteiger partial charge is 0.465 e. The molecule has 0 saturated carbocycles. The summed E-state index contributed by atoms with van der Waals surface area (Å²) >= 11 is 0. The summed E-state index contributed by atoms with van der Waals surface area (Å²) in [7, 11) is 0. The molecule has 164 valence electrons. The minimum absolute atomic E-state index is 0.0176. The summed E-state index contributed by atoms with van der Waals surface area (Å²) in [6.07, 6.45) is 0. The van der Waals surface area contributed by atoms with Crippen molar-refractivity contribution >= 4 is 16.9 Å². The minimum Gasteiger partial charge on any atom is -0.465 e. The lowest BCUT2D eigenvalue weighted by atomic mass is 9.87. The Balaban J connectivity index is 1.49. The maximum absolute atomic E-state index is 12.9. The zero-order valence-electron chi connectivity index (χ0n) is 18.3. The van der Waals surface area contributed by atoms with Gasteiger partial charge in [0.2, 0.25) is 11.6 Å². The number of esters is 1. The number of rotatable bonds is 3. The molecule has 2 aromatic heterocycles. The number of hydrogen-bond acceptors (Lipinski definition) is 7. The van der Waals surface area contributed by atoms with Crippen LogP contribution in [0.4, 0.5) is 0 Å². The minimum atomic E-state index is -0.614. The SMILES string of the molecule is Cc1ccc2oc(C(=O)Oc3ccc4c(c3)OC(N)=C(C#N)C4c3ccc(C)o3)c(C)c2c1. The monoisotopic (exact) mass is 440 g/mol. The number of carbonyl (C=O) groups excluding carboxylic acids is 1. The Labute approximate surface area is 189 Å². The number of fused-ring (bicyclic) bond motifs is 2. The van der Waals surface area contributed by atoms with Crippen molar-refractivity contribution in [3.63, 3.8) is 0 Å². The number of carbonyl (C=O) groups is 1. The maximum atomic E-state index is 12.9. The summed E-state index contributed by atoms with van der Waals surface area (Å²) in [5.41, 5.74) is 9.38. The molecule has 4 aromatic rings. The van der Waals surface area contributed by atoms with Crippen LogP contribution < -0.4 is 15.2 Å². The average molecular weight is 440 g/mol. The Bertz CT molecular complexity index is 1500. The molecule has 0 spiro atoms. The summed E-state index contributed by atoms with van der Waals surface area (Å²) in [5.74, 6) is 0.936. The number of furan rings is 2. The standard InChI is InChI=1S/C26H20N2O5/c1-13-4-8-20-18(10-13)15(3)24(32-20)26(29)31-16-6-7-17-22(11-16)33-25(28)19(12-27)23(17)21-9-5-14(2)30-21/h4-11,23H,28H2,1-3H3. The van der Waals surface area contributed by atoms with Crippen LogP contribution in [0, 0.1) is 32.1 Å². The Morgan fingerprint density at radius 3 is 2.61 bits per heavy atom. The molecular weight excluding hydrogens is 420 g/mol. The second-order valence-electron chi connectivity index (χ2n) is 8.02. The topological polar surface area (TPSA) is 112 Å². The van der Waals surface area contributed by atoms with E-state index in [1.54, 1.807) is 24.3 Å². The lowest BCUT2D eigenvalue weighted by Crippen LogP contribution is -2.21. The maximum Gasteiger partial charge on any atom is 0.379 e. The van der Waals surface area contributed by atoms with E-state index in [2.05, 4.69) is 6.07 Å². The fraction of sp³-hybridized carbons (Fsp3) is 0.154. The molecule has 1 aliphatic heterocycles. The molecule has 5 rings (SSSR count). The fourth-order valence-electron chi connectivity index (χ4n) is 4.08. The number of nitrogens with two attached hydrogens (primary N) is 1. The van der Waals surface area contributed by atoms with Gasteiger partial charge in [0.25, 0.3) is 0 Å². The molecule has 0 saturated heterocycles. The second-order valence-corrected chi connectivity index (χ2v) is 8.02. The molecule has 0 fully saturated rings. The van der Waals surface area contributed by atoms with E-state index < -0.39 is 11.9 Å². The third kappa shape index (κ3) is 3.42. The highest BCUT2D eigenvalue weighted by Gasteiger charge is 2.33. The third-order valence-electron chi connectivity index (χ3n) is 5.72. The second kappa shape index (κ2) is 7.61. The lowest BCUT2D eigenvalue weighted by molar-refractivity contribution is 0.0702. The van der Waals surface area contributed by atoms with Crippen molar-refractivity contribution in [2.75, 3.05) is 0 Å². The molecule has 0 aliphatic carbocycles. The zero-order chi connectivity index (χ0) is 23.3. The van der Waals surface area contributed by atoms with Crippen molar-refractivity contribution in [2.24, 2.45) is 5.73 Å². The Kier molecular flexibility index (Phi) is 4.72. The Morgan fingerprint density at radius 1 is 1.06 bits per heavy atom. The Hall–Kier alpha value is -4.44.